The fraction of sp³-hybridized carbons (Fsp3) is 0.286. The monoisotopic (exact) mass is 642 g/mol. The molecule has 0 aliphatic heterocycles. The predicted molar refractivity (Wildman–Crippen MR) is 206 cm³/mol. The van der Waals surface area contributed by atoms with Crippen LogP contribution in [0.25, 0.3) is 0 Å². The molecule has 0 unspecified atom stereocenters. The van der Waals surface area contributed by atoms with Crippen LogP contribution in [0.1, 0.15) is 66.8 Å². The minimum atomic E-state index is -1.05. The lowest BCUT2D eigenvalue weighted by molar-refractivity contribution is 1.34. The molecule has 0 aliphatic rings. The summed E-state index contributed by atoms with van der Waals surface area (Å²) >= 11 is 0. The van der Waals surface area contributed by atoms with Gasteiger partial charge in [0.25, 0.3) is 15.4 Å². The molecule has 46 heavy (non-hydrogen) atoms. The Bertz CT molecular complexity index is 1700. The van der Waals surface area contributed by atoms with Crippen molar-refractivity contribution >= 4 is 48.0 Å². The van der Waals surface area contributed by atoms with Gasteiger partial charge in [-0.3, -0.25) is 0 Å². The van der Waals surface area contributed by atoms with Crippen LogP contribution in [-0.4, -0.2) is 0 Å². The SMILES string of the molecule is Cc1cc(C)c([P+](=Nc2ccccc2N=[P+](c2c(C)cc(C)cc2C)c2c(C)cc(C)cc2C)c2c(C)cc(C)cc2C)c(C)c1. The molecule has 0 aromatic heterocycles. The summed E-state index contributed by atoms with van der Waals surface area (Å²) in [6, 6.07) is 27.1. The molecular formula is C42H48N2P2+2. The maximum absolute atomic E-state index is 5.74. The van der Waals surface area contributed by atoms with E-state index in [1.807, 2.05) is 0 Å². The fourth-order valence-corrected chi connectivity index (χ4v) is 12.1. The largest absolute Gasteiger partial charge is 0.283 e. The van der Waals surface area contributed by atoms with Crippen molar-refractivity contribution in [1.29, 1.82) is 0 Å². The summed E-state index contributed by atoms with van der Waals surface area (Å²) in [5.74, 6) is 0. The Hall–Kier alpha value is -3.70. The molecule has 0 radical (unpaired) electrons. The molecule has 0 amide bonds. The average molecular weight is 643 g/mol. The van der Waals surface area contributed by atoms with Crippen molar-refractivity contribution in [3.63, 3.8) is 0 Å². The highest BCUT2D eigenvalue weighted by molar-refractivity contribution is 7.65. The van der Waals surface area contributed by atoms with Crippen molar-refractivity contribution in [3.05, 3.63) is 140 Å². The van der Waals surface area contributed by atoms with Crippen LogP contribution in [0.15, 0.2) is 82.3 Å². The van der Waals surface area contributed by atoms with Crippen molar-refractivity contribution < 1.29 is 0 Å². The third-order valence-electron chi connectivity index (χ3n) is 8.69. The Kier molecular flexibility index (Phi) is 9.93. The first-order chi connectivity index (χ1) is 21.7. The number of hydrogen-bond donors (Lipinski definition) is 0. The second-order valence-corrected chi connectivity index (χ2v) is 16.7. The maximum Gasteiger partial charge on any atom is 0.283 e. The minimum Gasteiger partial charge on any atom is -0.0598 e. The second-order valence-electron chi connectivity index (χ2n) is 13.3. The molecule has 0 aliphatic carbocycles. The summed E-state index contributed by atoms with van der Waals surface area (Å²) in [7, 11) is -2.09. The standard InChI is InChI=1S/C42H48N2P2/c1-25-17-29(5)39(30(6)18-25)45(40-31(7)19-26(2)20-32(40)8)43-37-15-13-14-16-38(37)44-46(41-33(9)21-27(3)22-34(41)10)42-35(11)23-28(4)24-36(42)12/h13-24H,1-12H3/q+2. The van der Waals surface area contributed by atoms with E-state index in [1.165, 1.54) is 88.0 Å². The number of aryl methyl sites for hydroxylation is 12. The van der Waals surface area contributed by atoms with Gasteiger partial charge in [0.1, 0.15) is 11.4 Å². The Morgan fingerprint density at radius 2 is 0.522 bits per heavy atom. The van der Waals surface area contributed by atoms with E-state index in [2.05, 4.69) is 156 Å². The molecule has 0 saturated carbocycles. The molecule has 0 heterocycles. The highest BCUT2D eigenvalue weighted by Crippen LogP contribution is 2.43. The van der Waals surface area contributed by atoms with Crippen molar-refractivity contribution in [2.24, 2.45) is 9.49 Å². The van der Waals surface area contributed by atoms with Gasteiger partial charge >= 0.3 is 0 Å². The fourth-order valence-electron chi connectivity index (χ4n) is 7.30. The van der Waals surface area contributed by atoms with Gasteiger partial charge in [-0.2, -0.15) is 0 Å². The molecule has 4 heteroatoms. The lowest BCUT2D eigenvalue weighted by Gasteiger charge is -2.11. The zero-order valence-electron chi connectivity index (χ0n) is 29.7. The number of benzene rings is 5. The molecule has 0 fully saturated rings. The summed E-state index contributed by atoms with van der Waals surface area (Å²) in [6.07, 6.45) is 0. The Morgan fingerprint density at radius 1 is 0.326 bits per heavy atom. The molecule has 0 N–H and O–H groups in total. The average Bonchev–Trinajstić information content (AvgIpc) is 2.91. The number of nitrogens with zero attached hydrogens (tertiary/aromatic N) is 2. The van der Waals surface area contributed by atoms with E-state index in [9.17, 15) is 0 Å². The van der Waals surface area contributed by atoms with Gasteiger partial charge in [0.15, 0.2) is 21.2 Å². The highest BCUT2D eigenvalue weighted by atomic mass is 31.1. The minimum absolute atomic E-state index is 0.963. The quantitative estimate of drug-likeness (QED) is 0.165. The van der Waals surface area contributed by atoms with Crippen LogP contribution < -0.4 is 21.2 Å². The van der Waals surface area contributed by atoms with Gasteiger partial charge in [-0.15, -0.1) is 0 Å². The van der Waals surface area contributed by atoms with Crippen molar-refractivity contribution in [3.8, 4) is 0 Å². The molecule has 0 bridgehead atoms. The Balaban J connectivity index is 1.87. The molecule has 2 nitrogen and oxygen atoms in total. The lowest BCUT2D eigenvalue weighted by Crippen LogP contribution is -2.18. The van der Waals surface area contributed by atoms with E-state index in [-0.39, 0.29) is 0 Å². The molecule has 0 spiro atoms. The first-order valence-corrected chi connectivity index (χ1v) is 18.8. The van der Waals surface area contributed by atoms with Gasteiger partial charge in [-0.05, 0) is 95.2 Å². The van der Waals surface area contributed by atoms with Crippen molar-refractivity contribution in [2.45, 2.75) is 83.1 Å². The van der Waals surface area contributed by atoms with E-state index >= 15 is 0 Å². The van der Waals surface area contributed by atoms with Gasteiger partial charge in [-0.25, -0.2) is 0 Å². The third kappa shape index (κ3) is 6.85. The van der Waals surface area contributed by atoms with Crippen LogP contribution in [0.5, 0.6) is 0 Å². The van der Waals surface area contributed by atoms with Gasteiger partial charge in [0, 0.05) is 44.5 Å². The van der Waals surface area contributed by atoms with Crippen LogP contribution >= 0.6 is 15.4 Å². The lowest BCUT2D eigenvalue weighted by atomic mass is 10.1. The third-order valence-corrected chi connectivity index (χ3v) is 14.0. The first-order valence-electron chi connectivity index (χ1n) is 16.2. The highest BCUT2D eigenvalue weighted by Gasteiger charge is 2.33. The zero-order chi connectivity index (χ0) is 33.4. The van der Waals surface area contributed by atoms with Gasteiger partial charge in [0.05, 0.1) is 0 Å². The predicted octanol–water partition coefficient (Wildman–Crippen LogP) is 11.3. The summed E-state index contributed by atoms with van der Waals surface area (Å²) in [5, 5.41) is 5.40. The molecule has 0 saturated heterocycles. The Morgan fingerprint density at radius 3 is 0.717 bits per heavy atom. The van der Waals surface area contributed by atoms with Gasteiger partial charge < -0.3 is 0 Å². The van der Waals surface area contributed by atoms with E-state index < -0.39 is 15.4 Å². The van der Waals surface area contributed by atoms with Crippen LogP contribution in [0.3, 0.4) is 0 Å². The van der Waals surface area contributed by atoms with Crippen molar-refractivity contribution in [1.82, 2.24) is 0 Å². The van der Waals surface area contributed by atoms with E-state index in [1.54, 1.807) is 0 Å². The summed E-state index contributed by atoms with van der Waals surface area (Å²) < 4.78 is 11.5. The molecule has 0 atom stereocenters. The number of hydrogen-bond acceptors (Lipinski definition) is 2. The van der Waals surface area contributed by atoms with Crippen LogP contribution in [0.4, 0.5) is 11.4 Å². The Labute approximate surface area is 279 Å². The smallest absolute Gasteiger partial charge is 0.0598 e. The normalized spacial score (nSPS) is 11.0. The van der Waals surface area contributed by atoms with E-state index in [0.717, 1.165) is 11.4 Å². The zero-order valence-corrected chi connectivity index (χ0v) is 31.5. The molecule has 234 valence electrons. The maximum atomic E-state index is 5.74. The van der Waals surface area contributed by atoms with E-state index in [0.29, 0.717) is 0 Å². The summed E-state index contributed by atoms with van der Waals surface area (Å²) in [4.78, 5) is 0. The second kappa shape index (κ2) is 13.6. The first kappa shape index (κ1) is 33.7. The summed E-state index contributed by atoms with van der Waals surface area (Å²) in [5.41, 5.74) is 17.5. The van der Waals surface area contributed by atoms with E-state index in [4.69, 9.17) is 9.49 Å². The topological polar surface area (TPSA) is 24.7 Å². The number of rotatable bonds is 6. The van der Waals surface area contributed by atoms with Crippen LogP contribution in [-0.2, 0) is 0 Å². The molecule has 5 aromatic rings. The van der Waals surface area contributed by atoms with Crippen LogP contribution in [0, 0.1) is 83.1 Å². The van der Waals surface area contributed by atoms with Crippen LogP contribution in [0.2, 0.25) is 0 Å². The molecule has 5 aromatic carbocycles. The molecule has 5 rings (SSSR count). The van der Waals surface area contributed by atoms with Crippen molar-refractivity contribution in [2.75, 3.05) is 0 Å². The molecular weight excluding hydrogens is 594 g/mol. The van der Waals surface area contributed by atoms with Gasteiger partial charge in [-0.1, -0.05) is 92.4 Å². The van der Waals surface area contributed by atoms with Gasteiger partial charge in [0.2, 0.25) is 0 Å². The summed E-state index contributed by atoms with van der Waals surface area (Å²) in [6.45, 7) is 26.8.